The van der Waals surface area contributed by atoms with Crippen LogP contribution in [-0.2, 0) is 6.54 Å². The van der Waals surface area contributed by atoms with Gasteiger partial charge in [0.1, 0.15) is 13.2 Å². The minimum atomic E-state index is 0.661. The molecule has 1 aromatic rings. The highest BCUT2D eigenvalue weighted by molar-refractivity contribution is 5.43. The van der Waals surface area contributed by atoms with Crippen molar-refractivity contribution in [3.05, 3.63) is 23.8 Å². The quantitative estimate of drug-likeness (QED) is 0.924. The SMILES string of the molecule is c1cc2c(cc1CN1CCCC1C1CCCN1)OCCO2. The van der Waals surface area contributed by atoms with Crippen molar-refractivity contribution in [2.75, 3.05) is 26.3 Å². The third-order valence-electron chi connectivity index (χ3n) is 4.97. The van der Waals surface area contributed by atoms with Crippen LogP contribution in [0.5, 0.6) is 11.5 Å². The van der Waals surface area contributed by atoms with Crippen molar-refractivity contribution in [1.29, 1.82) is 0 Å². The number of hydrogen-bond acceptors (Lipinski definition) is 4. The van der Waals surface area contributed by atoms with Gasteiger partial charge >= 0.3 is 0 Å². The molecule has 1 N–H and O–H groups in total. The molecular weight excluding hydrogens is 264 g/mol. The summed E-state index contributed by atoms with van der Waals surface area (Å²) in [6.07, 6.45) is 5.33. The van der Waals surface area contributed by atoms with Gasteiger partial charge in [0, 0.05) is 18.6 Å². The van der Waals surface area contributed by atoms with Crippen LogP contribution in [0.3, 0.4) is 0 Å². The smallest absolute Gasteiger partial charge is 0.161 e. The van der Waals surface area contributed by atoms with Crippen LogP contribution in [0.1, 0.15) is 31.2 Å². The summed E-state index contributed by atoms with van der Waals surface area (Å²) < 4.78 is 11.3. The number of rotatable bonds is 3. The maximum Gasteiger partial charge on any atom is 0.161 e. The highest BCUT2D eigenvalue weighted by Crippen LogP contribution is 2.32. The highest BCUT2D eigenvalue weighted by Gasteiger charge is 2.33. The molecule has 4 nitrogen and oxygen atoms in total. The summed E-state index contributed by atoms with van der Waals surface area (Å²) in [5, 5.41) is 3.68. The summed E-state index contributed by atoms with van der Waals surface area (Å²) in [7, 11) is 0. The average molecular weight is 288 g/mol. The predicted octanol–water partition coefficient (Wildman–Crippen LogP) is 2.17. The molecule has 1 aromatic carbocycles. The Morgan fingerprint density at radius 2 is 2.00 bits per heavy atom. The molecule has 3 heterocycles. The minimum absolute atomic E-state index is 0.661. The molecule has 0 aromatic heterocycles. The summed E-state index contributed by atoms with van der Waals surface area (Å²) >= 11 is 0. The van der Waals surface area contributed by atoms with Gasteiger partial charge in [-0.3, -0.25) is 4.90 Å². The fraction of sp³-hybridized carbons (Fsp3) is 0.647. The zero-order valence-electron chi connectivity index (χ0n) is 12.5. The minimum Gasteiger partial charge on any atom is -0.486 e. The fourth-order valence-electron chi connectivity index (χ4n) is 3.96. The van der Waals surface area contributed by atoms with E-state index in [0.717, 1.165) is 18.0 Å². The third-order valence-corrected chi connectivity index (χ3v) is 4.97. The third kappa shape index (κ3) is 2.74. The molecule has 3 aliphatic rings. The van der Waals surface area contributed by atoms with E-state index in [1.165, 1.54) is 44.3 Å². The molecule has 2 saturated heterocycles. The number of hydrogen-bond donors (Lipinski definition) is 1. The Bertz CT molecular complexity index is 500. The van der Waals surface area contributed by atoms with E-state index in [1.54, 1.807) is 0 Å². The number of nitrogens with zero attached hydrogens (tertiary/aromatic N) is 1. The zero-order valence-corrected chi connectivity index (χ0v) is 12.5. The second-order valence-electron chi connectivity index (χ2n) is 6.36. The number of fused-ring (bicyclic) bond motifs is 1. The molecule has 0 amide bonds. The summed E-state index contributed by atoms with van der Waals surface area (Å²) in [5.41, 5.74) is 1.34. The Morgan fingerprint density at radius 1 is 1.10 bits per heavy atom. The monoisotopic (exact) mass is 288 g/mol. The zero-order chi connectivity index (χ0) is 14.1. The van der Waals surface area contributed by atoms with E-state index in [9.17, 15) is 0 Å². The summed E-state index contributed by atoms with van der Waals surface area (Å²) in [6.45, 7) is 4.76. The summed E-state index contributed by atoms with van der Waals surface area (Å²) in [4.78, 5) is 2.65. The van der Waals surface area contributed by atoms with Crippen LogP contribution in [-0.4, -0.2) is 43.3 Å². The normalized spacial score (nSPS) is 29.0. The first-order valence-electron chi connectivity index (χ1n) is 8.26. The van der Waals surface area contributed by atoms with Gasteiger partial charge < -0.3 is 14.8 Å². The van der Waals surface area contributed by atoms with Gasteiger partial charge in [0.05, 0.1) is 0 Å². The van der Waals surface area contributed by atoms with Crippen molar-refractivity contribution in [2.45, 2.75) is 44.3 Å². The molecule has 0 saturated carbocycles. The first-order chi connectivity index (χ1) is 10.4. The van der Waals surface area contributed by atoms with Crippen LogP contribution in [0.25, 0.3) is 0 Å². The van der Waals surface area contributed by atoms with E-state index in [-0.39, 0.29) is 0 Å². The predicted molar refractivity (Wildman–Crippen MR) is 81.9 cm³/mol. The van der Waals surface area contributed by atoms with Crippen LogP contribution in [0.2, 0.25) is 0 Å². The molecule has 2 fully saturated rings. The first-order valence-corrected chi connectivity index (χ1v) is 8.26. The van der Waals surface area contributed by atoms with E-state index in [0.29, 0.717) is 25.3 Å². The maximum absolute atomic E-state index is 5.70. The average Bonchev–Trinajstić information content (AvgIpc) is 3.18. The molecule has 4 rings (SSSR count). The molecule has 0 radical (unpaired) electrons. The molecule has 2 unspecified atom stereocenters. The summed E-state index contributed by atoms with van der Waals surface area (Å²) in [6, 6.07) is 7.81. The Hall–Kier alpha value is -1.26. The van der Waals surface area contributed by atoms with Crippen LogP contribution >= 0.6 is 0 Å². The van der Waals surface area contributed by atoms with Gasteiger partial charge in [-0.15, -0.1) is 0 Å². The molecular formula is C17H24N2O2. The van der Waals surface area contributed by atoms with Crippen LogP contribution in [0.15, 0.2) is 18.2 Å². The molecule has 0 bridgehead atoms. The number of nitrogens with one attached hydrogen (secondary N) is 1. The van der Waals surface area contributed by atoms with Gasteiger partial charge in [-0.1, -0.05) is 6.07 Å². The van der Waals surface area contributed by atoms with Crippen molar-refractivity contribution < 1.29 is 9.47 Å². The lowest BCUT2D eigenvalue weighted by molar-refractivity contribution is 0.170. The maximum atomic E-state index is 5.70. The molecule has 3 aliphatic heterocycles. The molecule has 114 valence electrons. The van der Waals surface area contributed by atoms with Gasteiger partial charge in [0.25, 0.3) is 0 Å². The van der Waals surface area contributed by atoms with Crippen LogP contribution < -0.4 is 14.8 Å². The Kier molecular flexibility index (Phi) is 3.74. The largest absolute Gasteiger partial charge is 0.486 e. The highest BCUT2D eigenvalue weighted by atomic mass is 16.6. The van der Waals surface area contributed by atoms with Crippen molar-refractivity contribution in [3.63, 3.8) is 0 Å². The van der Waals surface area contributed by atoms with Gasteiger partial charge in [-0.05, 0) is 56.5 Å². The van der Waals surface area contributed by atoms with E-state index in [2.05, 4.69) is 28.4 Å². The van der Waals surface area contributed by atoms with Gasteiger partial charge in [0.2, 0.25) is 0 Å². The standard InChI is InChI=1S/C17H24N2O2/c1-3-14(18-7-1)15-4-2-8-19(15)12-13-5-6-16-17(11-13)21-10-9-20-16/h5-6,11,14-15,18H,1-4,7-10,12H2. The fourth-order valence-corrected chi connectivity index (χ4v) is 3.96. The Morgan fingerprint density at radius 3 is 2.86 bits per heavy atom. The van der Waals surface area contributed by atoms with E-state index in [4.69, 9.17) is 9.47 Å². The second-order valence-corrected chi connectivity index (χ2v) is 6.36. The Labute approximate surface area is 126 Å². The van der Waals surface area contributed by atoms with Crippen molar-refractivity contribution in [2.24, 2.45) is 0 Å². The Balaban J connectivity index is 1.47. The van der Waals surface area contributed by atoms with Gasteiger partial charge in [0.15, 0.2) is 11.5 Å². The lowest BCUT2D eigenvalue weighted by Gasteiger charge is -2.30. The molecule has 21 heavy (non-hydrogen) atoms. The van der Waals surface area contributed by atoms with Gasteiger partial charge in [-0.2, -0.15) is 0 Å². The number of benzene rings is 1. The number of ether oxygens (including phenoxy) is 2. The van der Waals surface area contributed by atoms with E-state index in [1.807, 2.05) is 0 Å². The van der Waals surface area contributed by atoms with Crippen LogP contribution in [0, 0.1) is 0 Å². The van der Waals surface area contributed by atoms with Crippen molar-refractivity contribution in [3.8, 4) is 11.5 Å². The second kappa shape index (κ2) is 5.85. The first kappa shape index (κ1) is 13.4. The summed E-state index contributed by atoms with van der Waals surface area (Å²) in [5.74, 6) is 1.80. The topological polar surface area (TPSA) is 33.7 Å². The molecule has 0 aliphatic carbocycles. The van der Waals surface area contributed by atoms with Crippen molar-refractivity contribution in [1.82, 2.24) is 10.2 Å². The van der Waals surface area contributed by atoms with E-state index < -0.39 is 0 Å². The molecule has 4 heteroatoms. The lowest BCUT2D eigenvalue weighted by Crippen LogP contribution is -2.43. The van der Waals surface area contributed by atoms with Crippen LogP contribution in [0.4, 0.5) is 0 Å². The van der Waals surface area contributed by atoms with E-state index >= 15 is 0 Å². The van der Waals surface area contributed by atoms with Gasteiger partial charge in [-0.25, -0.2) is 0 Å². The lowest BCUT2D eigenvalue weighted by atomic mass is 10.0. The molecule has 2 atom stereocenters. The number of likely N-dealkylation sites (tertiary alicyclic amines) is 1. The van der Waals surface area contributed by atoms with Crippen molar-refractivity contribution >= 4 is 0 Å². The molecule has 0 spiro atoms.